The van der Waals surface area contributed by atoms with E-state index in [1.165, 1.54) is 5.56 Å². The summed E-state index contributed by atoms with van der Waals surface area (Å²) >= 11 is 0. The SMILES string of the molecule is CCCc1ccc(-c2cccc(-n3cc(C(=O)NC(C)C)c(=O)c4cccnc43)c2)cc1. The van der Waals surface area contributed by atoms with Crippen LogP contribution in [0.1, 0.15) is 43.1 Å². The molecule has 0 saturated carbocycles. The van der Waals surface area contributed by atoms with Crippen LogP contribution in [0.4, 0.5) is 0 Å². The number of benzene rings is 2. The van der Waals surface area contributed by atoms with E-state index >= 15 is 0 Å². The largest absolute Gasteiger partial charge is 0.350 e. The lowest BCUT2D eigenvalue weighted by Gasteiger charge is -2.15. The first kappa shape index (κ1) is 21.5. The Balaban J connectivity index is 1.84. The maximum atomic E-state index is 13.0. The monoisotopic (exact) mass is 425 g/mol. The molecule has 0 radical (unpaired) electrons. The van der Waals surface area contributed by atoms with Gasteiger partial charge in [-0.3, -0.25) is 9.59 Å². The van der Waals surface area contributed by atoms with Gasteiger partial charge in [-0.05, 0) is 61.2 Å². The van der Waals surface area contributed by atoms with E-state index in [2.05, 4.69) is 53.6 Å². The second-order valence-corrected chi connectivity index (χ2v) is 8.24. The fourth-order valence-electron chi connectivity index (χ4n) is 3.85. The summed E-state index contributed by atoms with van der Waals surface area (Å²) < 4.78 is 1.82. The average molecular weight is 426 g/mol. The molecule has 0 saturated heterocycles. The Morgan fingerprint density at radius 2 is 1.81 bits per heavy atom. The summed E-state index contributed by atoms with van der Waals surface area (Å²) in [5, 5.41) is 3.24. The molecule has 0 bridgehead atoms. The number of carbonyl (C=O) groups excluding carboxylic acids is 1. The van der Waals surface area contributed by atoms with E-state index in [1.54, 1.807) is 24.5 Å². The summed E-state index contributed by atoms with van der Waals surface area (Å²) in [7, 11) is 0. The zero-order valence-corrected chi connectivity index (χ0v) is 18.6. The van der Waals surface area contributed by atoms with Gasteiger partial charge in [0.25, 0.3) is 5.91 Å². The highest BCUT2D eigenvalue weighted by Gasteiger charge is 2.17. The van der Waals surface area contributed by atoms with Crippen LogP contribution in [-0.4, -0.2) is 21.5 Å². The van der Waals surface area contributed by atoms with E-state index in [0.717, 1.165) is 29.7 Å². The highest BCUT2D eigenvalue weighted by Crippen LogP contribution is 2.24. The molecule has 0 aliphatic carbocycles. The van der Waals surface area contributed by atoms with Crippen LogP contribution in [0.2, 0.25) is 0 Å². The van der Waals surface area contributed by atoms with Crippen LogP contribution in [0.3, 0.4) is 0 Å². The minimum absolute atomic E-state index is 0.0704. The number of hydrogen-bond donors (Lipinski definition) is 1. The van der Waals surface area contributed by atoms with Gasteiger partial charge in [-0.25, -0.2) is 4.98 Å². The number of fused-ring (bicyclic) bond motifs is 1. The Morgan fingerprint density at radius 3 is 2.53 bits per heavy atom. The second-order valence-electron chi connectivity index (χ2n) is 8.24. The molecule has 0 aliphatic heterocycles. The molecule has 32 heavy (non-hydrogen) atoms. The molecule has 5 nitrogen and oxygen atoms in total. The van der Waals surface area contributed by atoms with Crippen molar-refractivity contribution in [3.05, 3.63) is 94.4 Å². The first-order chi connectivity index (χ1) is 15.5. The van der Waals surface area contributed by atoms with Crippen molar-refractivity contribution < 1.29 is 4.79 Å². The molecule has 1 amide bonds. The molecule has 1 N–H and O–H groups in total. The van der Waals surface area contributed by atoms with Gasteiger partial charge in [-0.1, -0.05) is 49.7 Å². The highest BCUT2D eigenvalue weighted by atomic mass is 16.2. The number of rotatable bonds is 6. The number of nitrogens with zero attached hydrogens (tertiary/aromatic N) is 2. The lowest BCUT2D eigenvalue weighted by Crippen LogP contribution is -2.34. The molecular formula is C27H27N3O2. The standard InChI is InChI=1S/C27H27N3O2/c1-4-7-19-11-13-20(14-12-19)21-8-5-9-22(16-21)30-17-24(27(32)29-18(2)3)25(31)23-10-6-15-28-26(23)30/h5-6,8-18H,4,7H2,1-3H3,(H,29,32). The average Bonchev–Trinajstić information content (AvgIpc) is 2.80. The predicted octanol–water partition coefficient (Wildman–Crippen LogP) is 5.14. The number of nitrogens with one attached hydrogen (secondary N) is 1. The predicted molar refractivity (Wildman–Crippen MR) is 129 cm³/mol. The molecule has 5 heteroatoms. The fraction of sp³-hybridized carbons (Fsp3) is 0.222. The van der Waals surface area contributed by atoms with Crippen molar-refractivity contribution in [1.82, 2.24) is 14.9 Å². The molecule has 4 aromatic rings. The smallest absolute Gasteiger partial charge is 0.256 e. The van der Waals surface area contributed by atoms with Gasteiger partial charge in [0.05, 0.1) is 5.39 Å². The zero-order chi connectivity index (χ0) is 22.7. The summed E-state index contributed by atoms with van der Waals surface area (Å²) in [5.74, 6) is -0.382. The minimum atomic E-state index is -0.382. The Kier molecular flexibility index (Phi) is 6.17. The third kappa shape index (κ3) is 4.33. The van der Waals surface area contributed by atoms with Crippen LogP contribution in [0.5, 0.6) is 0 Å². The Hall–Kier alpha value is -3.73. The van der Waals surface area contributed by atoms with Crippen molar-refractivity contribution >= 4 is 16.9 Å². The topological polar surface area (TPSA) is 64.0 Å². The molecule has 0 spiro atoms. The quantitative estimate of drug-likeness (QED) is 0.465. The molecular weight excluding hydrogens is 398 g/mol. The van der Waals surface area contributed by atoms with Gasteiger partial charge in [0.2, 0.25) is 5.43 Å². The maximum absolute atomic E-state index is 13.0. The fourth-order valence-corrected chi connectivity index (χ4v) is 3.85. The molecule has 162 valence electrons. The van der Waals surface area contributed by atoms with Crippen LogP contribution in [0.25, 0.3) is 27.8 Å². The van der Waals surface area contributed by atoms with Gasteiger partial charge in [0.1, 0.15) is 11.2 Å². The Labute approximate surface area is 187 Å². The number of aromatic nitrogens is 2. The van der Waals surface area contributed by atoms with Gasteiger partial charge in [0.15, 0.2) is 0 Å². The second kappa shape index (κ2) is 9.18. The van der Waals surface area contributed by atoms with Gasteiger partial charge in [-0.2, -0.15) is 0 Å². The van der Waals surface area contributed by atoms with E-state index in [-0.39, 0.29) is 22.9 Å². The van der Waals surface area contributed by atoms with Gasteiger partial charge in [0, 0.05) is 24.1 Å². The molecule has 2 aromatic heterocycles. The number of carbonyl (C=O) groups is 1. The third-order valence-corrected chi connectivity index (χ3v) is 5.38. The molecule has 0 unspecified atom stereocenters. The Morgan fingerprint density at radius 1 is 1.03 bits per heavy atom. The number of amides is 1. The van der Waals surface area contributed by atoms with Crippen LogP contribution in [0.15, 0.2) is 77.9 Å². The van der Waals surface area contributed by atoms with Crippen LogP contribution < -0.4 is 10.7 Å². The molecule has 0 fully saturated rings. The molecule has 2 aromatic carbocycles. The summed E-state index contributed by atoms with van der Waals surface area (Å²) in [6.45, 7) is 5.92. The van der Waals surface area contributed by atoms with Gasteiger partial charge >= 0.3 is 0 Å². The van der Waals surface area contributed by atoms with Crippen LogP contribution >= 0.6 is 0 Å². The number of hydrogen-bond acceptors (Lipinski definition) is 3. The van der Waals surface area contributed by atoms with E-state index < -0.39 is 0 Å². The van der Waals surface area contributed by atoms with Crippen LogP contribution in [0, 0.1) is 0 Å². The van der Waals surface area contributed by atoms with Gasteiger partial charge < -0.3 is 9.88 Å². The first-order valence-corrected chi connectivity index (χ1v) is 11.0. The lowest BCUT2D eigenvalue weighted by atomic mass is 10.0. The van der Waals surface area contributed by atoms with Crippen molar-refractivity contribution in [1.29, 1.82) is 0 Å². The summed E-state index contributed by atoms with van der Waals surface area (Å²) in [6.07, 6.45) is 5.44. The summed E-state index contributed by atoms with van der Waals surface area (Å²) in [5.41, 5.74) is 4.64. The van der Waals surface area contributed by atoms with Crippen LogP contribution in [-0.2, 0) is 6.42 Å². The maximum Gasteiger partial charge on any atom is 0.256 e. The van der Waals surface area contributed by atoms with Crippen molar-refractivity contribution in [2.24, 2.45) is 0 Å². The molecule has 2 heterocycles. The van der Waals surface area contributed by atoms with Crippen molar-refractivity contribution in [2.75, 3.05) is 0 Å². The highest BCUT2D eigenvalue weighted by molar-refractivity contribution is 5.97. The van der Waals surface area contributed by atoms with Gasteiger partial charge in [-0.15, -0.1) is 0 Å². The van der Waals surface area contributed by atoms with E-state index in [9.17, 15) is 9.59 Å². The number of aryl methyl sites for hydroxylation is 1. The van der Waals surface area contributed by atoms with Crippen molar-refractivity contribution in [2.45, 2.75) is 39.7 Å². The summed E-state index contributed by atoms with van der Waals surface area (Å²) in [4.78, 5) is 30.2. The molecule has 0 aliphatic rings. The van der Waals surface area contributed by atoms with E-state index in [1.807, 2.05) is 30.5 Å². The van der Waals surface area contributed by atoms with E-state index in [4.69, 9.17) is 0 Å². The Bertz CT molecular complexity index is 1320. The summed E-state index contributed by atoms with van der Waals surface area (Å²) in [6, 6.07) is 20.0. The number of pyridine rings is 2. The zero-order valence-electron chi connectivity index (χ0n) is 18.6. The van der Waals surface area contributed by atoms with Crippen molar-refractivity contribution in [3.63, 3.8) is 0 Å². The first-order valence-electron chi connectivity index (χ1n) is 11.0. The van der Waals surface area contributed by atoms with E-state index in [0.29, 0.717) is 11.0 Å². The normalized spacial score (nSPS) is 11.1. The lowest BCUT2D eigenvalue weighted by molar-refractivity contribution is 0.0941. The minimum Gasteiger partial charge on any atom is -0.350 e. The molecule has 4 rings (SSSR count). The molecule has 0 atom stereocenters. The third-order valence-electron chi connectivity index (χ3n) is 5.38. The van der Waals surface area contributed by atoms with Crippen molar-refractivity contribution in [3.8, 4) is 16.8 Å².